The molecular weight excluding hydrogens is 288 g/mol. The third-order valence-electron chi connectivity index (χ3n) is 2.71. The molecule has 140 valence electrons. The molecule has 0 heterocycles. The second kappa shape index (κ2) is 23.7. The Morgan fingerprint density at radius 2 is 0.708 bits per heavy atom. The topological polar surface area (TPSA) is 0 Å². The standard InChI is InChI=1S/C13H10.5C2H6.CH4/c1-3-7-12-10(5-1)9-11-6-2-4-8-13(11)12;5*1-2;/h1-8H,9H2;5*1-2H3;1H4. The van der Waals surface area contributed by atoms with Crippen LogP contribution in [0.5, 0.6) is 0 Å². The fraction of sp³-hybridized carbons (Fsp3) is 0.500. The van der Waals surface area contributed by atoms with Crippen molar-refractivity contribution < 1.29 is 0 Å². The van der Waals surface area contributed by atoms with Crippen LogP contribution >= 0.6 is 0 Å². The normalized spacial score (nSPS) is 7.92. The zero-order chi connectivity index (χ0) is 18.7. The molecule has 0 bridgehead atoms. The van der Waals surface area contributed by atoms with Gasteiger partial charge in [-0.05, 0) is 28.7 Å². The van der Waals surface area contributed by atoms with Crippen molar-refractivity contribution in [1.82, 2.24) is 0 Å². The highest BCUT2D eigenvalue weighted by molar-refractivity contribution is 5.76. The quantitative estimate of drug-likeness (QED) is 0.385. The Kier molecular flexibility index (Phi) is 30.0. The van der Waals surface area contributed by atoms with E-state index in [0.717, 1.165) is 6.42 Å². The summed E-state index contributed by atoms with van der Waals surface area (Å²) >= 11 is 0. The minimum Gasteiger partial charge on any atom is -0.0776 e. The van der Waals surface area contributed by atoms with Crippen LogP contribution in [-0.4, -0.2) is 0 Å². The second-order valence-electron chi connectivity index (χ2n) is 3.49. The first-order chi connectivity index (χ1) is 11.4. The molecule has 0 atom stereocenters. The molecule has 0 saturated carbocycles. The summed E-state index contributed by atoms with van der Waals surface area (Å²) in [6.07, 6.45) is 1.10. The van der Waals surface area contributed by atoms with Crippen molar-refractivity contribution in [2.45, 2.75) is 83.1 Å². The van der Waals surface area contributed by atoms with Crippen molar-refractivity contribution in [1.29, 1.82) is 0 Å². The zero-order valence-electron chi connectivity index (χ0n) is 17.3. The Morgan fingerprint density at radius 3 is 1.00 bits per heavy atom. The second-order valence-corrected chi connectivity index (χ2v) is 3.49. The summed E-state index contributed by atoms with van der Waals surface area (Å²) in [6.45, 7) is 20.0. The van der Waals surface area contributed by atoms with Gasteiger partial charge in [0.05, 0.1) is 0 Å². The summed E-state index contributed by atoms with van der Waals surface area (Å²) in [5.74, 6) is 0. The van der Waals surface area contributed by atoms with E-state index in [1.54, 1.807) is 0 Å². The van der Waals surface area contributed by atoms with Crippen LogP contribution in [0.2, 0.25) is 0 Å². The first kappa shape index (κ1) is 30.3. The summed E-state index contributed by atoms with van der Waals surface area (Å²) < 4.78 is 0. The summed E-state index contributed by atoms with van der Waals surface area (Å²) in [7, 11) is 0. The molecule has 1 aliphatic rings. The van der Waals surface area contributed by atoms with Crippen LogP contribution in [0.1, 0.15) is 87.8 Å². The third kappa shape index (κ3) is 9.55. The van der Waals surface area contributed by atoms with Gasteiger partial charge in [0.1, 0.15) is 0 Å². The molecule has 1 aliphatic carbocycles. The number of benzene rings is 2. The van der Waals surface area contributed by atoms with Gasteiger partial charge in [0.25, 0.3) is 0 Å². The molecule has 0 fully saturated rings. The molecule has 2 aromatic carbocycles. The van der Waals surface area contributed by atoms with E-state index in [0.29, 0.717) is 0 Å². The first-order valence-electron chi connectivity index (χ1n) is 9.61. The van der Waals surface area contributed by atoms with Crippen LogP contribution in [0, 0.1) is 0 Å². The largest absolute Gasteiger partial charge is 0.0776 e. The fourth-order valence-electron chi connectivity index (χ4n) is 2.08. The van der Waals surface area contributed by atoms with Gasteiger partial charge in [-0.15, -0.1) is 0 Å². The SMILES string of the molecule is C.CC.CC.CC.CC.CC.c1ccc2c(c1)Cc1ccccc1-2. The fourth-order valence-corrected chi connectivity index (χ4v) is 2.08. The highest BCUT2D eigenvalue weighted by Crippen LogP contribution is 2.35. The molecule has 0 nitrogen and oxygen atoms in total. The summed E-state index contributed by atoms with van der Waals surface area (Å²) in [6, 6.07) is 17.3. The Bertz CT molecular complexity index is 412. The van der Waals surface area contributed by atoms with Crippen molar-refractivity contribution in [3.63, 3.8) is 0 Å². The molecule has 0 aliphatic heterocycles. The molecule has 0 aromatic heterocycles. The molecule has 0 amide bonds. The van der Waals surface area contributed by atoms with Crippen LogP contribution in [0.3, 0.4) is 0 Å². The van der Waals surface area contributed by atoms with E-state index in [9.17, 15) is 0 Å². The van der Waals surface area contributed by atoms with Gasteiger partial charge in [0.15, 0.2) is 0 Å². The van der Waals surface area contributed by atoms with E-state index in [1.165, 1.54) is 22.3 Å². The molecule has 24 heavy (non-hydrogen) atoms. The van der Waals surface area contributed by atoms with E-state index >= 15 is 0 Å². The molecule has 0 saturated heterocycles. The summed E-state index contributed by atoms with van der Waals surface area (Å²) in [5.41, 5.74) is 5.75. The van der Waals surface area contributed by atoms with E-state index < -0.39 is 0 Å². The lowest BCUT2D eigenvalue weighted by Crippen LogP contribution is -1.77. The van der Waals surface area contributed by atoms with E-state index in [-0.39, 0.29) is 7.43 Å². The van der Waals surface area contributed by atoms with Crippen molar-refractivity contribution in [3.05, 3.63) is 59.7 Å². The van der Waals surface area contributed by atoms with E-state index in [1.807, 2.05) is 69.2 Å². The maximum Gasteiger partial charge on any atom is -0.00135 e. The molecular formula is C24H44. The van der Waals surface area contributed by atoms with E-state index in [2.05, 4.69) is 48.5 Å². The lowest BCUT2D eigenvalue weighted by molar-refractivity contribution is 1.26. The van der Waals surface area contributed by atoms with Gasteiger partial charge in [0, 0.05) is 0 Å². The molecule has 0 spiro atoms. The minimum absolute atomic E-state index is 0. The van der Waals surface area contributed by atoms with Gasteiger partial charge in [0.2, 0.25) is 0 Å². The summed E-state index contributed by atoms with van der Waals surface area (Å²) in [4.78, 5) is 0. The first-order valence-corrected chi connectivity index (χ1v) is 9.61. The highest BCUT2D eigenvalue weighted by atomic mass is 14.2. The van der Waals surface area contributed by atoms with Gasteiger partial charge >= 0.3 is 0 Å². The van der Waals surface area contributed by atoms with Gasteiger partial charge in [-0.25, -0.2) is 0 Å². The van der Waals surface area contributed by atoms with Crippen LogP contribution in [0.4, 0.5) is 0 Å². The molecule has 2 aromatic rings. The molecule has 0 heteroatoms. The Labute approximate surface area is 154 Å². The maximum absolute atomic E-state index is 2.22. The van der Waals surface area contributed by atoms with E-state index in [4.69, 9.17) is 0 Å². The number of hydrogen-bond acceptors (Lipinski definition) is 0. The van der Waals surface area contributed by atoms with Crippen LogP contribution in [0.25, 0.3) is 11.1 Å². The van der Waals surface area contributed by atoms with Crippen LogP contribution in [0.15, 0.2) is 48.5 Å². The number of hydrogen-bond donors (Lipinski definition) is 0. The zero-order valence-corrected chi connectivity index (χ0v) is 17.3. The monoisotopic (exact) mass is 332 g/mol. The molecule has 0 N–H and O–H groups in total. The smallest absolute Gasteiger partial charge is 0.00135 e. The van der Waals surface area contributed by atoms with Gasteiger partial charge in [-0.3, -0.25) is 0 Å². The lowest BCUT2D eigenvalue weighted by Gasteiger charge is -1.98. The van der Waals surface area contributed by atoms with Crippen molar-refractivity contribution >= 4 is 0 Å². The third-order valence-corrected chi connectivity index (χ3v) is 2.71. The van der Waals surface area contributed by atoms with Crippen molar-refractivity contribution in [2.75, 3.05) is 0 Å². The predicted octanol–water partition coefficient (Wildman–Crippen LogP) is 9.02. The van der Waals surface area contributed by atoms with Gasteiger partial charge < -0.3 is 0 Å². The van der Waals surface area contributed by atoms with Gasteiger partial charge in [-0.1, -0.05) is 125 Å². The predicted molar refractivity (Wildman–Crippen MR) is 118 cm³/mol. The van der Waals surface area contributed by atoms with Gasteiger partial charge in [-0.2, -0.15) is 0 Å². The molecule has 3 rings (SSSR count). The lowest BCUT2D eigenvalue weighted by atomic mass is 10.1. The average molecular weight is 333 g/mol. The maximum atomic E-state index is 2.22. The van der Waals surface area contributed by atoms with Crippen molar-refractivity contribution in [3.8, 4) is 11.1 Å². The number of fused-ring (bicyclic) bond motifs is 3. The molecule has 0 unspecified atom stereocenters. The Balaban J connectivity index is -0.000000159. The Hall–Kier alpha value is -1.56. The average Bonchev–Trinajstić information content (AvgIpc) is 3.08. The molecule has 0 radical (unpaired) electrons. The van der Waals surface area contributed by atoms with Crippen LogP contribution in [-0.2, 0) is 6.42 Å². The summed E-state index contributed by atoms with van der Waals surface area (Å²) in [5, 5.41) is 0. The number of rotatable bonds is 0. The Morgan fingerprint density at radius 1 is 0.458 bits per heavy atom. The minimum atomic E-state index is 0. The van der Waals surface area contributed by atoms with Crippen molar-refractivity contribution in [2.24, 2.45) is 0 Å². The van der Waals surface area contributed by atoms with Crippen LogP contribution < -0.4 is 0 Å². The highest BCUT2D eigenvalue weighted by Gasteiger charge is 2.15.